The lowest BCUT2D eigenvalue weighted by atomic mass is 10.1. The van der Waals surface area contributed by atoms with E-state index in [9.17, 15) is 0 Å². The number of ether oxygens (including phenoxy) is 1. The largest absolute Gasteiger partial charge is 0.383 e. The number of hydrogen-bond acceptors (Lipinski definition) is 2. The maximum atomic E-state index is 5.01. The highest BCUT2D eigenvalue weighted by atomic mass is 16.5. The maximum absolute atomic E-state index is 5.01. The van der Waals surface area contributed by atoms with E-state index in [4.69, 9.17) is 4.74 Å². The van der Waals surface area contributed by atoms with Gasteiger partial charge in [-0.25, -0.2) is 0 Å². The van der Waals surface area contributed by atoms with Crippen molar-refractivity contribution in [2.75, 3.05) is 20.3 Å². The van der Waals surface area contributed by atoms with Crippen molar-refractivity contribution in [3.63, 3.8) is 0 Å². The minimum absolute atomic E-state index is 0.748. The van der Waals surface area contributed by atoms with Gasteiger partial charge in [-0.15, -0.1) is 6.58 Å². The molecule has 18 heavy (non-hydrogen) atoms. The van der Waals surface area contributed by atoms with Crippen LogP contribution in [0.15, 0.2) is 43.1 Å². The van der Waals surface area contributed by atoms with Gasteiger partial charge in [0.2, 0.25) is 0 Å². The summed E-state index contributed by atoms with van der Waals surface area (Å²) in [4.78, 5) is 0. The van der Waals surface area contributed by atoms with Crippen LogP contribution in [-0.2, 0) is 17.8 Å². The highest BCUT2D eigenvalue weighted by molar-refractivity contribution is 5.80. The second kappa shape index (κ2) is 6.38. The van der Waals surface area contributed by atoms with Crippen LogP contribution in [0.25, 0.3) is 10.9 Å². The van der Waals surface area contributed by atoms with E-state index in [0.717, 1.165) is 26.2 Å². The van der Waals surface area contributed by atoms with E-state index < -0.39 is 0 Å². The van der Waals surface area contributed by atoms with Crippen LogP contribution in [0.4, 0.5) is 0 Å². The van der Waals surface area contributed by atoms with Crippen LogP contribution in [0.3, 0.4) is 0 Å². The molecule has 96 valence electrons. The van der Waals surface area contributed by atoms with Gasteiger partial charge in [-0.3, -0.25) is 0 Å². The lowest BCUT2D eigenvalue weighted by Gasteiger charge is -2.06. The molecule has 0 bridgehead atoms. The third-order valence-electron chi connectivity index (χ3n) is 2.97. The molecule has 0 spiro atoms. The van der Waals surface area contributed by atoms with E-state index in [1.165, 1.54) is 16.5 Å². The number of rotatable bonds is 7. The molecular weight excluding hydrogens is 224 g/mol. The van der Waals surface area contributed by atoms with Crippen molar-refractivity contribution in [2.45, 2.75) is 13.1 Å². The number of methoxy groups -OCH3 is 1. The third-order valence-corrected chi connectivity index (χ3v) is 2.97. The summed E-state index contributed by atoms with van der Waals surface area (Å²) in [7, 11) is 1.72. The Labute approximate surface area is 108 Å². The third kappa shape index (κ3) is 3.00. The monoisotopic (exact) mass is 244 g/mol. The predicted octanol–water partition coefficient (Wildman–Crippen LogP) is 2.56. The molecule has 0 radical (unpaired) electrons. The van der Waals surface area contributed by atoms with Crippen LogP contribution in [0, 0.1) is 0 Å². The predicted molar refractivity (Wildman–Crippen MR) is 75.7 cm³/mol. The van der Waals surface area contributed by atoms with Crippen LogP contribution in [0.1, 0.15) is 5.56 Å². The Kier molecular flexibility index (Phi) is 4.56. The normalized spacial score (nSPS) is 10.9. The van der Waals surface area contributed by atoms with Gasteiger partial charge in [-0.2, -0.15) is 0 Å². The van der Waals surface area contributed by atoms with E-state index in [2.05, 4.69) is 46.9 Å². The number of aromatic nitrogens is 1. The molecule has 1 aromatic carbocycles. The second-order valence-corrected chi connectivity index (χ2v) is 4.32. The summed E-state index contributed by atoms with van der Waals surface area (Å²) in [6, 6.07) is 8.72. The average molecular weight is 244 g/mol. The van der Waals surface area contributed by atoms with Crippen LogP contribution in [0.5, 0.6) is 0 Å². The molecule has 1 aromatic heterocycles. The summed E-state index contributed by atoms with van der Waals surface area (Å²) in [5.74, 6) is 0. The van der Waals surface area contributed by atoms with E-state index in [1.807, 2.05) is 6.08 Å². The molecule has 0 unspecified atom stereocenters. The zero-order chi connectivity index (χ0) is 12.8. The summed E-state index contributed by atoms with van der Waals surface area (Å²) >= 11 is 0. The number of fused-ring (bicyclic) bond motifs is 1. The van der Waals surface area contributed by atoms with E-state index in [0.29, 0.717) is 0 Å². The molecule has 1 heterocycles. The van der Waals surface area contributed by atoms with Crippen molar-refractivity contribution in [3.8, 4) is 0 Å². The fourth-order valence-electron chi connectivity index (χ4n) is 2.06. The molecule has 2 rings (SSSR count). The fraction of sp³-hybridized carbons (Fsp3) is 0.333. The van der Waals surface area contributed by atoms with E-state index >= 15 is 0 Å². The van der Waals surface area contributed by atoms with Gasteiger partial charge >= 0.3 is 0 Å². The van der Waals surface area contributed by atoms with Crippen LogP contribution in [0.2, 0.25) is 0 Å². The molecule has 0 aliphatic rings. The maximum Gasteiger partial charge on any atom is 0.0587 e. The first kappa shape index (κ1) is 12.9. The average Bonchev–Trinajstić information content (AvgIpc) is 2.78. The minimum atomic E-state index is 0.748. The summed E-state index contributed by atoms with van der Waals surface area (Å²) in [6.07, 6.45) is 4.02. The molecule has 0 aliphatic heterocycles. The highest BCUT2D eigenvalue weighted by Crippen LogP contribution is 2.17. The fourth-order valence-corrected chi connectivity index (χ4v) is 2.06. The van der Waals surface area contributed by atoms with Gasteiger partial charge < -0.3 is 14.6 Å². The molecule has 2 aromatic rings. The molecule has 0 atom stereocenters. The first-order chi connectivity index (χ1) is 8.85. The first-order valence-corrected chi connectivity index (χ1v) is 6.23. The number of allylic oxidation sites excluding steroid dienone is 1. The van der Waals surface area contributed by atoms with Crippen molar-refractivity contribution >= 4 is 10.9 Å². The zero-order valence-corrected chi connectivity index (χ0v) is 10.9. The summed E-state index contributed by atoms with van der Waals surface area (Å²) < 4.78 is 7.20. The Balaban J connectivity index is 2.06. The Bertz CT molecular complexity index is 516. The molecule has 3 nitrogen and oxygen atoms in total. The lowest BCUT2D eigenvalue weighted by molar-refractivity contribution is 0.199. The number of hydrogen-bond donors (Lipinski definition) is 1. The van der Waals surface area contributed by atoms with Gasteiger partial charge in [0, 0.05) is 38.5 Å². The summed E-state index contributed by atoms with van der Waals surface area (Å²) in [6.45, 7) is 7.14. The summed E-state index contributed by atoms with van der Waals surface area (Å²) in [5, 5.41) is 4.63. The number of nitrogens with zero attached hydrogens (tertiary/aromatic N) is 1. The Hall–Kier alpha value is -1.58. The van der Waals surface area contributed by atoms with Gasteiger partial charge in [0.05, 0.1) is 6.61 Å². The lowest BCUT2D eigenvalue weighted by Crippen LogP contribution is -2.18. The Morgan fingerprint density at radius 2 is 2.28 bits per heavy atom. The quantitative estimate of drug-likeness (QED) is 0.598. The van der Waals surface area contributed by atoms with Crippen molar-refractivity contribution in [2.24, 2.45) is 0 Å². The highest BCUT2D eigenvalue weighted by Gasteiger charge is 2.01. The van der Waals surface area contributed by atoms with Gasteiger partial charge in [-0.05, 0) is 29.1 Å². The molecule has 0 saturated carbocycles. The number of nitrogens with one attached hydrogen (secondary N) is 1. The zero-order valence-electron chi connectivity index (χ0n) is 10.9. The smallest absolute Gasteiger partial charge is 0.0587 e. The molecule has 0 saturated heterocycles. The van der Waals surface area contributed by atoms with Crippen LogP contribution in [-0.4, -0.2) is 24.8 Å². The molecule has 0 fully saturated rings. The number of benzene rings is 1. The van der Waals surface area contributed by atoms with Gasteiger partial charge in [0.1, 0.15) is 0 Å². The topological polar surface area (TPSA) is 26.2 Å². The standard InChI is InChI=1S/C15H20N2O/c1-3-8-17-9-6-14-11-13(4-5-15(14)17)12-16-7-10-18-2/h3-6,9,11,16H,1,7-8,10,12H2,2H3. The van der Waals surface area contributed by atoms with Gasteiger partial charge in [-0.1, -0.05) is 12.1 Å². The van der Waals surface area contributed by atoms with Crippen molar-refractivity contribution in [1.82, 2.24) is 9.88 Å². The Morgan fingerprint density at radius 3 is 3.06 bits per heavy atom. The SMILES string of the molecule is C=CCn1ccc2cc(CNCCOC)ccc21. The first-order valence-electron chi connectivity index (χ1n) is 6.23. The van der Waals surface area contributed by atoms with Gasteiger partial charge in [0.25, 0.3) is 0 Å². The van der Waals surface area contributed by atoms with Gasteiger partial charge in [0.15, 0.2) is 0 Å². The van der Waals surface area contributed by atoms with Crippen molar-refractivity contribution < 1.29 is 4.74 Å². The molecule has 1 N–H and O–H groups in total. The summed E-state index contributed by atoms with van der Waals surface area (Å²) in [5.41, 5.74) is 2.56. The van der Waals surface area contributed by atoms with Crippen LogP contribution >= 0.6 is 0 Å². The Morgan fingerprint density at radius 1 is 1.39 bits per heavy atom. The molecule has 0 amide bonds. The van der Waals surface area contributed by atoms with Crippen molar-refractivity contribution in [1.29, 1.82) is 0 Å². The molecule has 0 aliphatic carbocycles. The minimum Gasteiger partial charge on any atom is -0.383 e. The van der Waals surface area contributed by atoms with E-state index in [1.54, 1.807) is 7.11 Å². The second-order valence-electron chi connectivity index (χ2n) is 4.32. The van der Waals surface area contributed by atoms with Crippen molar-refractivity contribution in [3.05, 3.63) is 48.7 Å². The van der Waals surface area contributed by atoms with E-state index in [-0.39, 0.29) is 0 Å². The van der Waals surface area contributed by atoms with Crippen LogP contribution < -0.4 is 5.32 Å². The molecular formula is C15H20N2O. The molecule has 3 heteroatoms.